The van der Waals surface area contributed by atoms with E-state index in [2.05, 4.69) is 5.10 Å². The van der Waals surface area contributed by atoms with Crippen molar-refractivity contribution in [3.05, 3.63) is 35.9 Å². The molecule has 0 unspecified atom stereocenters. The van der Waals surface area contributed by atoms with Crippen LogP contribution in [0.1, 0.15) is 32.8 Å². The highest BCUT2D eigenvalue weighted by atomic mass is 16.4. The minimum atomic E-state index is -0.984. The molecular weight excluding hydrogens is 306 g/mol. The monoisotopic (exact) mass is 331 g/mol. The Morgan fingerprint density at radius 3 is 2.54 bits per heavy atom. The molecule has 1 aliphatic heterocycles. The average Bonchev–Trinajstić information content (AvgIpc) is 2.84. The molecule has 6 heteroatoms. The molecule has 1 heterocycles. The van der Waals surface area contributed by atoms with E-state index in [-0.39, 0.29) is 24.3 Å². The zero-order valence-electron chi connectivity index (χ0n) is 14.5. The van der Waals surface area contributed by atoms with Crippen LogP contribution in [0.5, 0.6) is 0 Å². The third-order valence-corrected chi connectivity index (χ3v) is 3.67. The first kappa shape index (κ1) is 18.0. The average molecular weight is 331 g/mol. The maximum Gasteiger partial charge on any atom is 0.407 e. The lowest BCUT2D eigenvalue weighted by Gasteiger charge is -2.27. The topological polar surface area (TPSA) is 73.2 Å². The lowest BCUT2D eigenvalue weighted by Crippen LogP contribution is -2.40. The first-order chi connectivity index (χ1) is 11.2. The van der Waals surface area contributed by atoms with E-state index < -0.39 is 6.09 Å². The molecule has 2 amide bonds. The second-order valence-electron chi connectivity index (χ2n) is 7.29. The lowest BCUT2D eigenvalue weighted by atomic mass is 9.96. The molecule has 1 aliphatic rings. The summed E-state index contributed by atoms with van der Waals surface area (Å²) in [5.74, 6) is -0.0676. The fourth-order valence-electron chi connectivity index (χ4n) is 2.65. The van der Waals surface area contributed by atoms with Crippen molar-refractivity contribution in [3.63, 3.8) is 0 Å². The van der Waals surface area contributed by atoms with Crippen LogP contribution in [0.3, 0.4) is 0 Å². The molecule has 0 saturated carbocycles. The van der Waals surface area contributed by atoms with Gasteiger partial charge in [-0.1, -0.05) is 51.1 Å². The minimum absolute atomic E-state index is 0.0676. The van der Waals surface area contributed by atoms with Gasteiger partial charge in [0, 0.05) is 13.1 Å². The van der Waals surface area contributed by atoms with Gasteiger partial charge in [0.2, 0.25) is 5.91 Å². The zero-order chi connectivity index (χ0) is 17.7. The Bertz CT molecular complexity index is 620. The number of hydrazone groups is 1. The molecule has 24 heavy (non-hydrogen) atoms. The van der Waals surface area contributed by atoms with E-state index in [9.17, 15) is 14.7 Å². The normalized spacial score (nSPS) is 14.7. The summed E-state index contributed by atoms with van der Waals surface area (Å²) in [4.78, 5) is 24.8. The van der Waals surface area contributed by atoms with E-state index in [1.165, 1.54) is 9.91 Å². The fraction of sp³-hybridized carbons (Fsp3) is 0.500. The van der Waals surface area contributed by atoms with Gasteiger partial charge >= 0.3 is 6.09 Å². The Labute approximate surface area is 142 Å². The van der Waals surface area contributed by atoms with Crippen LogP contribution in [0.2, 0.25) is 0 Å². The van der Waals surface area contributed by atoms with Gasteiger partial charge in [0.15, 0.2) is 0 Å². The van der Waals surface area contributed by atoms with Crippen LogP contribution in [0.15, 0.2) is 35.4 Å². The molecule has 1 aromatic carbocycles. The number of nitrogens with zero attached hydrogens (tertiary/aromatic N) is 3. The molecule has 1 aromatic rings. The standard InChI is InChI=1S/C18H25N3O3/c1-18(2,3)13-20(17(23)24)12-15-11-16(22)21(19-15)10-9-14-7-5-4-6-8-14/h4-8H,9-13H2,1-3H3,(H,23,24). The van der Waals surface area contributed by atoms with Gasteiger partial charge in [0.25, 0.3) is 0 Å². The molecule has 2 rings (SSSR count). The van der Waals surface area contributed by atoms with Crippen LogP contribution in [0, 0.1) is 5.41 Å². The number of carboxylic acid groups (broad SMARTS) is 1. The van der Waals surface area contributed by atoms with Crippen LogP contribution in [-0.4, -0.2) is 52.4 Å². The molecule has 0 bridgehead atoms. The fourth-order valence-corrected chi connectivity index (χ4v) is 2.65. The number of carbonyl (C=O) groups is 2. The lowest BCUT2D eigenvalue weighted by molar-refractivity contribution is -0.128. The number of hydrogen-bond donors (Lipinski definition) is 1. The first-order valence-corrected chi connectivity index (χ1v) is 8.13. The van der Waals surface area contributed by atoms with Crippen molar-refractivity contribution >= 4 is 17.7 Å². The molecule has 0 radical (unpaired) electrons. The number of hydrogen-bond acceptors (Lipinski definition) is 3. The van der Waals surface area contributed by atoms with Gasteiger partial charge in [-0.15, -0.1) is 0 Å². The van der Waals surface area contributed by atoms with Crippen molar-refractivity contribution in [1.82, 2.24) is 9.91 Å². The van der Waals surface area contributed by atoms with Gasteiger partial charge in [0.05, 0.1) is 18.7 Å². The highest BCUT2D eigenvalue weighted by Gasteiger charge is 2.28. The van der Waals surface area contributed by atoms with E-state index in [0.29, 0.717) is 18.8 Å². The van der Waals surface area contributed by atoms with Crippen molar-refractivity contribution in [1.29, 1.82) is 0 Å². The number of amides is 2. The van der Waals surface area contributed by atoms with Crippen LogP contribution in [0.4, 0.5) is 4.79 Å². The quantitative estimate of drug-likeness (QED) is 0.871. The van der Waals surface area contributed by atoms with E-state index in [1.54, 1.807) is 0 Å². The number of benzene rings is 1. The summed E-state index contributed by atoms with van der Waals surface area (Å²) in [6.45, 7) is 7.04. The third-order valence-electron chi connectivity index (χ3n) is 3.67. The summed E-state index contributed by atoms with van der Waals surface area (Å²) in [6.07, 6.45) is -0.0562. The predicted octanol–water partition coefficient (Wildman–Crippen LogP) is 2.84. The SMILES string of the molecule is CC(C)(C)CN(CC1=NN(CCc2ccccc2)C(=O)C1)C(=O)O. The van der Waals surface area contributed by atoms with Gasteiger partial charge in [-0.3, -0.25) is 4.79 Å². The van der Waals surface area contributed by atoms with Crippen molar-refractivity contribution < 1.29 is 14.7 Å². The van der Waals surface area contributed by atoms with E-state index in [4.69, 9.17) is 0 Å². The molecule has 1 N–H and O–H groups in total. The Morgan fingerprint density at radius 2 is 1.96 bits per heavy atom. The van der Waals surface area contributed by atoms with Crippen molar-refractivity contribution in [3.8, 4) is 0 Å². The molecule has 0 aliphatic carbocycles. The minimum Gasteiger partial charge on any atom is -0.465 e. The Balaban J connectivity index is 1.95. The second kappa shape index (κ2) is 7.47. The summed E-state index contributed by atoms with van der Waals surface area (Å²) >= 11 is 0. The summed E-state index contributed by atoms with van der Waals surface area (Å²) in [5.41, 5.74) is 1.61. The summed E-state index contributed by atoms with van der Waals surface area (Å²) in [5, 5.41) is 15.1. The van der Waals surface area contributed by atoms with Gasteiger partial charge in [-0.05, 0) is 17.4 Å². The van der Waals surface area contributed by atoms with Crippen molar-refractivity contribution in [2.45, 2.75) is 33.6 Å². The molecule has 0 atom stereocenters. The summed E-state index contributed by atoms with van der Waals surface area (Å²) in [6, 6.07) is 9.91. The van der Waals surface area contributed by atoms with Gasteiger partial charge in [-0.25, -0.2) is 9.80 Å². The highest BCUT2D eigenvalue weighted by molar-refractivity contribution is 6.06. The van der Waals surface area contributed by atoms with Crippen LogP contribution in [0.25, 0.3) is 0 Å². The number of carbonyl (C=O) groups excluding carboxylic acids is 1. The maximum atomic E-state index is 12.1. The molecule has 0 saturated heterocycles. The molecular formula is C18H25N3O3. The second-order valence-corrected chi connectivity index (χ2v) is 7.29. The maximum absolute atomic E-state index is 12.1. The van der Waals surface area contributed by atoms with Crippen molar-refractivity contribution in [2.24, 2.45) is 10.5 Å². The van der Waals surface area contributed by atoms with Gasteiger partial charge < -0.3 is 10.0 Å². The Hall–Kier alpha value is -2.37. The van der Waals surface area contributed by atoms with Crippen LogP contribution >= 0.6 is 0 Å². The molecule has 130 valence electrons. The van der Waals surface area contributed by atoms with E-state index in [1.807, 2.05) is 51.1 Å². The first-order valence-electron chi connectivity index (χ1n) is 8.13. The molecule has 6 nitrogen and oxygen atoms in total. The Kier molecular flexibility index (Phi) is 5.59. The predicted molar refractivity (Wildman–Crippen MR) is 93.0 cm³/mol. The van der Waals surface area contributed by atoms with Gasteiger partial charge in [0.1, 0.15) is 0 Å². The number of rotatable bonds is 6. The molecule has 0 fully saturated rings. The van der Waals surface area contributed by atoms with E-state index >= 15 is 0 Å². The largest absolute Gasteiger partial charge is 0.465 e. The zero-order valence-corrected chi connectivity index (χ0v) is 14.5. The van der Waals surface area contributed by atoms with Gasteiger partial charge in [-0.2, -0.15) is 5.10 Å². The summed E-state index contributed by atoms with van der Waals surface area (Å²) in [7, 11) is 0. The smallest absolute Gasteiger partial charge is 0.407 e. The van der Waals surface area contributed by atoms with E-state index in [0.717, 1.165) is 12.0 Å². The van der Waals surface area contributed by atoms with Crippen LogP contribution < -0.4 is 0 Å². The molecule has 0 aromatic heterocycles. The third kappa shape index (κ3) is 5.37. The Morgan fingerprint density at radius 1 is 1.29 bits per heavy atom. The molecule has 0 spiro atoms. The summed E-state index contributed by atoms with van der Waals surface area (Å²) < 4.78 is 0. The van der Waals surface area contributed by atoms with Crippen LogP contribution in [-0.2, 0) is 11.2 Å². The van der Waals surface area contributed by atoms with Crippen molar-refractivity contribution in [2.75, 3.05) is 19.6 Å². The highest BCUT2D eigenvalue weighted by Crippen LogP contribution is 2.17.